The van der Waals surface area contributed by atoms with Gasteiger partial charge in [0.05, 0.1) is 23.7 Å². The summed E-state index contributed by atoms with van der Waals surface area (Å²) >= 11 is 0. The SMILES string of the molecule is COCCOc1cc(C)ccc1NC(=O)CN(C)S(=O)(=O)c1ccc(C)c(C)c1. The molecule has 1 N–H and O–H groups in total. The minimum atomic E-state index is -3.78. The topological polar surface area (TPSA) is 84.9 Å². The van der Waals surface area contributed by atoms with Gasteiger partial charge in [0.25, 0.3) is 0 Å². The zero-order chi connectivity index (χ0) is 21.6. The van der Waals surface area contributed by atoms with Gasteiger partial charge in [0, 0.05) is 14.2 Å². The Morgan fingerprint density at radius 3 is 2.41 bits per heavy atom. The van der Waals surface area contributed by atoms with Gasteiger partial charge < -0.3 is 14.8 Å². The first-order chi connectivity index (χ1) is 13.6. The zero-order valence-corrected chi connectivity index (χ0v) is 18.3. The summed E-state index contributed by atoms with van der Waals surface area (Å²) in [7, 11) is -0.814. The van der Waals surface area contributed by atoms with E-state index in [9.17, 15) is 13.2 Å². The third kappa shape index (κ3) is 6.03. The minimum Gasteiger partial charge on any atom is -0.489 e. The number of rotatable bonds is 9. The van der Waals surface area contributed by atoms with Crippen molar-refractivity contribution < 1.29 is 22.7 Å². The van der Waals surface area contributed by atoms with E-state index in [1.165, 1.54) is 7.05 Å². The summed E-state index contributed by atoms with van der Waals surface area (Å²) in [5.41, 5.74) is 3.34. The van der Waals surface area contributed by atoms with E-state index in [0.717, 1.165) is 21.0 Å². The molecule has 0 fully saturated rings. The second-order valence-electron chi connectivity index (χ2n) is 6.90. The maximum Gasteiger partial charge on any atom is 0.243 e. The quantitative estimate of drug-likeness (QED) is 0.631. The maximum absolute atomic E-state index is 12.8. The number of anilines is 1. The van der Waals surface area contributed by atoms with Crippen LogP contribution in [0.1, 0.15) is 16.7 Å². The predicted octanol–water partition coefficient (Wildman–Crippen LogP) is 2.90. The Morgan fingerprint density at radius 2 is 1.76 bits per heavy atom. The van der Waals surface area contributed by atoms with Crippen molar-refractivity contribution in [1.82, 2.24) is 4.31 Å². The number of nitrogens with one attached hydrogen (secondary N) is 1. The van der Waals surface area contributed by atoms with E-state index >= 15 is 0 Å². The average Bonchev–Trinajstić information content (AvgIpc) is 2.66. The number of methoxy groups -OCH3 is 1. The number of aryl methyl sites for hydroxylation is 3. The summed E-state index contributed by atoms with van der Waals surface area (Å²) in [4.78, 5) is 12.7. The molecule has 0 aromatic heterocycles. The summed E-state index contributed by atoms with van der Waals surface area (Å²) in [6.07, 6.45) is 0. The van der Waals surface area contributed by atoms with Gasteiger partial charge in [0.15, 0.2) is 0 Å². The lowest BCUT2D eigenvalue weighted by atomic mass is 10.1. The number of carbonyl (C=O) groups excluding carboxylic acids is 1. The van der Waals surface area contributed by atoms with E-state index < -0.39 is 15.9 Å². The highest BCUT2D eigenvalue weighted by Crippen LogP contribution is 2.26. The molecule has 0 heterocycles. The summed E-state index contributed by atoms with van der Waals surface area (Å²) in [5.74, 6) is 0.0513. The Morgan fingerprint density at radius 1 is 1.03 bits per heavy atom. The monoisotopic (exact) mass is 420 g/mol. The van der Waals surface area contributed by atoms with Crippen LogP contribution in [0.15, 0.2) is 41.3 Å². The first-order valence-electron chi connectivity index (χ1n) is 9.21. The van der Waals surface area contributed by atoms with E-state index in [0.29, 0.717) is 24.7 Å². The molecule has 0 aliphatic carbocycles. The molecule has 1 amide bonds. The fourth-order valence-electron chi connectivity index (χ4n) is 2.62. The molecule has 7 nitrogen and oxygen atoms in total. The molecular weight excluding hydrogens is 392 g/mol. The summed E-state index contributed by atoms with van der Waals surface area (Å²) in [5, 5.41) is 2.73. The molecule has 0 bridgehead atoms. The molecule has 0 aliphatic rings. The number of nitrogens with zero attached hydrogens (tertiary/aromatic N) is 1. The number of ether oxygens (including phenoxy) is 2. The van der Waals surface area contributed by atoms with E-state index in [2.05, 4.69) is 5.32 Å². The smallest absolute Gasteiger partial charge is 0.243 e. The second kappa shape index (κ2) is 9.87. The van der Waals surface area contributed by atoms with Crippen LogP contribution in [0.3, 0.4) is 0 Å². The molecule has 0 unspecified atom stereocenters. The lowest BCUT2D eigenvalue weighted by Crippen LogP contribution is -2.35. The van der Waals surface area contributed by atoms with Gasteiger partial charge in [-0.15, -0.1) is 0 Å². The minimum absolute atomic E-state index is 0.162. The van der Waals surface area contributed by atoms with Crippen LogP contribution in [-0.4, -0.2) is 52.5 Å². The van der Waals surface area contributed by atoms with Crippen molar-refractivity contribution >= 4 is 21.6 Å². The Labute approximate surface area is 172 Å². The van der Waals surface area contributed by atoms with Crippen molar-refractivity contribution in [3.05, 3.63) is 53.1 Å². The van der Waals surface area contributed by atoms with Crippen molar-refractivity contribution in [2.24, 2.45) is 0 Å². The highest BCUT2D eigenvalue weighted by atomic mass is 32.2. The summed E-state index contributed by atoms with van der Waals surface area (Å²) < 4.78 is 37.2. The van der Waals surface area contributed by atoms with Crippen molar-refractivity contribution in [2.45, 2.75) is 25.7 Å². The molecule has 0 saturated heterocycles. The molecule has 29 heavy (non-hydrogen) atoms. The van der Waals surface area contributed by atoms with Gasteiger partial charge in [-0.05, 0) is 61.7 Å². The maximum atomic E-state index is 12.8. The highest BCUT2D eigenvalue weighted by Gasteiger charge is 2.23. The fourth-order valence-corrected chi connectivity index (χ4v) is 3.83. The van der Waals surface area contributed by atoms with Crippen LogP contribution in [-0.2, 0) is 19.6 Å². The van der Waals surface area contributed by atoms with Gasteiger partial charge in [-0.25, -0.2) is 8.42 Å². The molecule has 2 aromatic carbocycles. The van der Waals surface area contributed by atoms with Crippen LogP contribution in [0.5, 0.6) is 5.75 Å². The lowest BCUT2D eigenvalue weighted by Gasteiger charge is -2.18. The molecule has 0 atom stereocenters. The molecule has 0 radical (unpaired) electrons. The van der Waals surface area contributed by atoms with E-state index in [4.69, 9.17) is 9.47 Å². The molecule has 0 saturated carbocycles. The van der Waals surface area contributed by atoms with Crippen LogP contribution in [0.2, 0.25) is 0 Å². The Hall–Kier alpha value is -2.42. The number of likely N-dealkylation sites (N-methyl/N-ethyl adjacent to an activating group) is 1. The normalized spacial score (nSPS) is 11.5. The zero-order valence-electron chi connectivity index (χ0n) is 17.5. The molecule has 0 spiro atoms. The van der Waals surface area contributed by atoms with E-state index in [-0.39, 0.29) is 11.4 Å². The van der Waals surface area contributed by atoms with Crippen molar-refractivity contribution in [2.75, 3.05) is 39.2 Å². The average molecular weight is 421 g/mol. The van der Waals surface area contributed by atoms with E-state index in [1.807, 2.05) is 26.8 Å². The Kier molecular flexibility index (Phi) is 7.78. The van der Waals surface area contributed by atoms with Gasteiger partial charge in [-0.1, -0.05) is 12.1 Å². The van der Waals surface area contributed by atoms with Crippen LogP contribution in [0, 0.1) is 20.8 Å². The molecule has 8 heteroatoms. The number of hydrogen-bond donors (Lipinski definition) is 1. The number of amides is 1. The van der Waals surface area contributed by atoms with Crippen molar-refractivity contribution in [3.8, 4) is 5.75 Å². The fraction of sp³-hybridized carbons (Fsp3) is 0.381. The van der Waals surface area contributed by atoms with Crippen LogP contribution < -0.4 is 10.1 Å². The third-order valence-electron chi connectivity index (χ3n) is 4.51. The third-order valence-corrected chi connectivity index (χ3v) is 6.31. The van der Waals surface area contributed by atoms with Crippen LogP contribution >= 0.6 is 0 Å². The number of hydrogen-bond acceptors (Lipinski definition) is 5. The predicted molar refractivity (Wildman–Crippen MR) is 113 cm³/mol. The lowest BCUT2D eigenvalue weighted by molar-refractivity contribution is -0.116. The second-order valence-corrected chi connectivity index (χ2v) is 8.94. The molecule has 2 rings (SSSR count). The number of benzene rings is 2. The molecular formula is C21H28N2O5S. The van der Waals surface area contributed by atoms with E-state index in [1.54, 1.807) is 37.4 Å². The highest BCUT2D eigenvalue weighted by molar-refractivity contribution is 7.89. The van der Waals surface area contributed by atoms with Gasteiger partial charge in [0.1, 0.15) is 12.4 Å². The van der Waals surface area contributed by atoms with Gasteiger partial charge in [-0.2, -0.15) is 4.31 Å². The molecule has 0 aliphatic heterocycles. The van der Waals surface area contributed by atoms with Crippen LogP contribution in [0.25, 0.3) is 0 Å². The Bertz CT molecular complexity index is 973. The van der Waals surface area contributed by atoms with Crippen LogP contribution in [0.4, 0.5) is 5.69 Å². The Balaban J connectivity index is 2.11. The van der Waals surface area contributed by atoms with Gasteiger partial charge in [-0.3, -0.25) is 4.79 Å². The first kappa shape index (κ1) is 22.9. The number of carbonyl (C=O) groups is 1. The summed E-state index contributed by atoms with van der Waals surface area (Å²) in [6.45, 7) is 6.11. The van der Waals surface area contributed by atoms with Crippen molar-refractivity contribution in [3.63, 3.8) is 0 Å². The first-order valence-corrected chi connectivity index (χ1v) is 10.6. The van der Waals surface area contributed by atoms with Crippen molar-refractivity contribution in [1.29, 1.82) is 0 Å². The molecule has 158 valence electrons. The van der Waals surface area contributed by atoms with Gasteiger partial charge >= 0.3 is 0 Å². The number of sulfonamides is 1. The summed E-state index contributed by atoms with van der Waals surface area (Å²) in [6, 6.07) is 10.3. The molecule has 2 aromatic rings. The largest absolute Gasteiger partial charge is 0.489 e. The van der Waals surface area contributed by atoms with Gasteiger partial charge in [0.2, 0.25) is 15.9 Å². The standard InChI is InChI=1S/C21H28N2O5S/c1-15-6-9-19(20(12-15)28-11-10-27-5)22-21(24)14-23(4)29(25,26)18-8-7-16(2)17(3)13-18/h6-9,12-13H,10-11,14H2,1-5H3,(H,22,24).